The van der Waals surface area contributed by atoms with E-state index in [1.807, 2.05) is 0 Å². The first-order chi connectivity index (χ1) is 7.55. The van der Waals surface area contributed by atoms with E-state index < -0.39 is 0 Å². The van der Waals surface area contributed by atoms with Crippen molar-refractivity contribution in [2.45, 2.75) is 71.8 Å². The van der Waals surface area contributed by atoms with Gasteiger partial charge < -0.3 is 5.32 Å². The Kier molecular flexibility index (Phi) is 3.94. The van der Waals surface area contributed by atoms with Crippen LogP contribution in [-0.2, 0) is 0 Å². The maximum absolute atomic E-state index is 3.79. The van der Waals surface area contributed by atoms with Gasteiger partial charge in [0.15, 0.2) is 0 Å². The summed E-state index contributed by atoms with van der Waals surface area (Å²) in [6.45, 7) is 8.53. The Morgan fingerprint density at radius 3 is 2.56 bits per heavy atom. The normalized spacial score (nSPS) is 33.9. The second-order valence-electron chi connectivity index (χ2n) is 7.15. The average Bonchev–Trinajstić information content (AvgIpc) is 2.92. The maximum Gasteiger partial charge on any atom is 0.00746 e. The van der Waals surface area contributed by atoms with Gasteiger partial charge in [-0.05, 0) is 55.9 Å². The monoisotopic (exact) mass is 223 g/mol. The van der Waals surface area contributed by atoms with Crippen LogP contribution in [0.4, 0.5) is 0 Å². The first kappa shape index (κ1) is 12.4. The Labute approximate surface area is 101 Å². The molecular formula is C15H29N. The second kappa shape index (κ2) is 5.08. The smallest absolute Gasteiger partial charge is 0.00746 e. The summed E-state index contributed by atoms with van der Waals surface area (Å²) in [5.41, 5.74) is 0.561. The summed E-state index contributed by atoms with van der Waals surface area (Å²) in [4.78, 5) is 0. The third-order valence-corrected chi connectivity index (χ3v) is 4.31. The van der Waals surface area contributed by atoms with Gasteiger partial charge >= 0.3 is 0 Å². The third kappa shape index (κ3) is 4.08. The predicted molar refractivity (Wildman–Crippen MR) is 70.5 cm³/mol. The SMILES string of the molecule is CC1CC(NCCCC2CC2)CC(C)(C)C1. The van der Waals surface area contributed by atoms with Crippen LogP contribution in [-0.4, -0.2) is 12.6 Å². The molecule has 0 aromatic carbocycles. The van der Waals surface area contributed by atoms with Crippen molar-refractivity contribution in [3.63, 3.8) is 0 Å². The lowest BCUT2D eigenvalue weighted by atomic mass is 9.70. The fourth-order valence-corrected chi connectivity index (χ4v) is 3.61. The predicted octanol–water partition coefficient (Wildman–Crippen LogP) is 3.98. The minimum absolute atomic E-state index is 0.561. The molecule has 0 aromatic rings. The lowest BCUT2D eigenvalue weighted by Crippen LogP contribution is -2.40. The van der Waals surface area contributed by atoms with Crippen LogP contribution in [0.5, 0.6) is 0 Å². The lowest BCUT2D eigenvalue weighted by Gasteiger charge is -2.39. The second-order valence-corrected chi connectivity index (χ2v) is 7.15. The zero-order chi connectivity index (χ0) is 11.6. The van der Waals surface area contributed by atoms with Gasteiger partial charge in [-0.1, -0.05) is 33.6 Å². The topological polar surface area (TPSA) is 12.0 Å². The summed E-state index contributed by atoms with van der Waals surface area (Å²) in [5, 5.41) is 3.79. The van der Waals surface area contributed by atoms with Gasteiger partial charge in [-0.15, -0.1) is 0 Å². The van der Waals surface area contributed by atoms with Gasteiger partial charge in [0.25, 0.3) is 0 Å². The molecule has 2 saturated carbocycles. The number of hydrogen-bond acceptors (Lipinski definition) is 1. The van der Waals surface area contributed by atoms with Crippen LogP contribution in [0.1, 0.15) is 65.7 Å². The zero-order valence-corrected chi connectivity index (χ0v) is 11.4. The van der Waals surface area contributed by atoms with E-state index in [-0.39, 0.29) is 0 Å². The van der Waals surface area contributed by atoms with Gasteiger partial charge in [0, 0.05) is 6.04 Å². The van der Waals surface area contributed by atoms with Crippen LogP contribution in [0.15, 0.2) is 0 Å². The molecule has 0 radical (unpaired) electrons. The van der Waals surface area contributed by atoms with Crippen LogP contribution < -0.4 is 5.32 Å². The van der Waals surface area contributed by atoms with Crippen LogP contribution in [0.25, 0.3) is 0 Å². The molecule has 0 aliphatic heterocycles. The highest BCUT2D eigenvalue weighted by Crippen LogP contribution is 2.38. The van der Waals surface area contributed by atoms with Crippen LogP contribution in [0.2, 0.25) is 0 Å². The average molecular weight is 223 g/mol. The first-order valence-corrected chi connectivity index (χ1v) is 7.28. The van der Waals surface area contributed by atoms with Crippen LogP contribution in [0, 0.1) is 17.3 Å². The molecule has 2 fully saturated rings. The summed E-state index contributed by atoms with van der Waals surface area (Å²) in [6, 6.07) is 0.790. The highest BCUT2D eigenvalue weighted by atomic mass is 14.9. The summed E-state index contributed by atoms with van der Waals surface area (Å²) in [5.74, 6) is 2.01. The van der Waals surface area contributed by atoms with E-state index in [2.05, 4.69) is 26.1 Å². The van der Waals surface area contributed by atoms with Crippen molar-refractivity contribution >= 4 is 0 Å². The first-order valence-electron chi connectivity index (χ1n) is 7.28. The molecule has 1 N–H and O–H groups in total. The van der Waals surface area contributed by atoms with E-state index in [0.29, 0.717) is 5.41 Å². The Morgan fingerprint density at radius 2 is 1.94 bits per heavy atom. The molecule has 0 spiro atoms. The lowest BCUT2D eigenvalue weighted by molar-refractivity contribution is 0.151. The molecule has 1 nitrogen and oxygen atoms in total. The molecule has 1 heteroatoms. The molecule has 0 aromatic heterocycles. The van der Waals surface area contributed by atoms with Crippen molar-refractivity contribution in [1.82, 2.24) is 5.32 Å². The summed E-state index contributed by atoms with van der Waals surface area (Å²) < 4.78 is 0. The minimum Gasteiger partial charge on any atom is -0.314 e. The molecule has 2 aliphatic rings. The molecule has 2 unspecified atom stereocenters. The summed E-state index contributed by atoms with van der Waals surface area (Å²) in [7, 11) is 0. The molecule has 0 heterocycles. The molecule has 94 valence electrons. The molecule has 16 heavy (non-hydrogen) atoms. The highest BCUT2D eigenvalue weighted by Gasteiger charge is 2.31. The van der Waals surface area contributed by atoms with E-state index in [0.717, 1.165) is 17.9 Å². The fourth-order valence-electron chi connectivity index (χ4n) is 3.61. The molecule has 0 amide bonds. The molecular weight excluding hydrogens is 194 g/mol. The number of hydrogen-bond donors (Lipinski definition) is 1. The van der Waals surface area contributed by atoms with E-state index in [4.69, 9.17) is 0 Å². The Hall–Kier alpha value is -0.0400. The Bertz CT molecular complexity index is 217. The molecule has 0 saturated heterocycles. The van der Waals surface area contributed by atoms with Crippen LogP contribution in [0.3, 0.4) is 0 Å². The van der Waals surface area contributed by atoms with Gasteiger partial charge in [0.2, 0.25) is 0 Å². The van der Waals surface area contributed by atoms with Crippen molar-refractivity contribution in [1.29, 1.82) is 0 Å². The Morgan fingerprint density at radius 1 is 1.19 bits per heavy atom. The van der Waals surface area contributed by atoms with Crippen molar-refractivity contribution in [3.8, 4) is 0 Å². The van der Waals surface area contributed by atoms with Crippen molar-refractivity contribution in [3.05, 3.63) is 0 Å². The third-order valence-electron chi connectivity index (χ3n) is 4.31. The van der Waals surface area contributed by atoms with Gasteiger partial charge in [-0.3, -0.25) is 0 Å². The van der Waals surface area contributed by atoms with Crippen LogP contribution >= 0.6 is 0 Å². The van der Waals surface area contributed by atoms with E-state index in [9.17, 15) is 0 Å². The van der Waals surface area contributed by atoms with Crippen molar-refractivity contribution in [2.75, 3.05) is 6.54 Å². The minimum atomic E-state index is 0.561. The standard InChI is InChI=1S/C15H29N/c1-12-9-14(11-15(2,3)10-12)16-8-4-5-13-6-7-13/h12-14,16H,4-11H2,1-3H3. The van der Waals surface area contributed by atoms with Crippen molar-refractivity contribution in [2.24, 2.45) is 17.3 Å². The quantitative estimate of drug-likeness (QED) is 0.695. The molecule has 0 bridgehead atoms. The highest BCUT2D eigenvalue weighted by molar-refractivity contribution is 4.86. The van der Waals surface area contributed by atoms with Crippen molar-refractivity contribution < 1.29 is 0 Å². The largest absolute Gasteiger partial charge is 0.314 e. The maximum atomic E-state index is 3.79. The summed E-state index contributed by atoms with van der Waals surface area (Å²) in [6.07, 6.45) is 10.1. The van der Waals surface area contributed by atoms with Gasteiger partial charge in [0.05, 0.1) is 0 Å². The van der Waals surface area contributed by atoms with E-state index in [1.54, 1.807) is 0 Å². The molecule has 2 aliphatic carbocycles. The number of nitrogens with one attached hydrogen (secondary N) is 1. The van der Waals surface area contributed by atoms with Gasteiger partial charge in [-0.25, -0.2) is 0 Å². The fraction of sp³-hybridized carbons (Fsp3) is 1.00. The summed E-state index contributed by atoms with van der Waals surface area (Å²) >= 11 is 0. The van der Waals surface area contributed by atoms with Gasteiger partial charge in [-0.2, -0.15) is 0 Å². The van der Waals surface area contributed by atoms with E-state index >= 15 is 0 Å². The zero-order valence-electron chi connectivity index (χ0n) is 11.4. The van der Waals surface area contributed by atoms with E-state index in [1.165, 1.54) is 51.5 Å². The van der Waals surface area contributed by atoms with Gasteiger partial charge in [0.1, 0.15) is 0 Å². The Balaban J connectivity index is 1.63. The molecule has 2 rings (SSSR count). The molecule has 2 atom stereocenters. The number of rotatable bonds is 5.